The Morgan fingerprint density at radius 3 is 2.56 bits per heavy atom. The van der Waals surface area contributed by atoms with Crippen LogP contribution in [0.2, 0.25) is 5.02 Å². The van der Waals surface area contributed by atoms with Gasteiger partial charge >= 0.3 is 6.36 Å². The normalized spacial score (nSPS) is 14.0. The Balaban J connectivity index is 0.00000228. The summed E-state index contributed by atoms with van der Waals surface area (Å²) in [5, 5.41) is 9.62. The Hall–Kier alpha value is -2.97. The molecule has 0 radical (unpaired) electrons. The molecule has 0 N–H and O–H groups in total. The van der Waals surface area contributed by atoms with Gasteiger partial charge in [0.25, 0.3) is 0 Å². The number of ether oxygens (including phenoxy) is 1. The molecule has 192 valence electrons. The van der Waals surface area contributed by atoms with Crippen LogP contribution >= 0.6 is 36.4 Å². The van der Waals surface area contributed by atoms with Crippen LogP contribution in [-0.4, -0.2) is 46.4 Å². The van der Waals surface area contributed by atoms with Gasteiger partial charge in [-0.05, 0) is 35.9 Å². The smallest absolute Gasteiger partial charge is 0.404 e. The molecule has 1 amide bonds. The lowest BCUT2D eigenvalue weighted by molar-refractivity contribution is -0.274. The molecule has 1 aromatic heterocycles. The monoisotopic (exact) mass is 561 g/mol. The van der Waals surface area contributed by atoms with Crippen LogP contribution in [0.25, 0.3) is 0 Å². The average molecular weight is 563 g/mol. The molecule has 0 spiro atoms. The number of imidazole rings is 1. The number of aromatic nitrogens is 2. The van der Waals surface area contributed by atoms with E-state index in [1.807, 2.05) is 11.0 Å². The van der Waals surface area contributed by atoms with Gasteiger partial charge in [0.2, 0.25) is 5.91 Å². The summed E-state index contributed by atoms with van der Waals surface area (Å²) in [5.41, 5.74) is 1.86. The quantitative estimate of drug-likeness (QED) is 0.421. The molecule has 4 rings (SSSR count). The lowest BCUT2D eigenvalue weighted by Crippen LogP contribution is -2.50. The highest BCUT2D eigenvalue weighted by atomic mass is 35.5. The van der Waals surface area contributed by atoms with E-state index in [2.05, 4.69) is 9.72 Å². The summed E-state index contributed by atoms with van der Waals surface area (Å²) in [6, 6.07) is 12.9. The Morgan fingerprint density at radius 2 is 1.89 bits per heavy atom. The van der Waals surface area contributed by atoms with Crippen molar-refractivity contribution in [2.75, 3.05) is 24.5 Å². The molecule has 2 aromatic carbocycles. The van der Waals surface area contributed by atoms with Crippen molar-refractivity contribution in [3.8, 4) is 11.8 Å². The fraction of sp³-hybridized carbons (Fsp3) is 0.261. The van der Waals surface area contributed by atoms with Crippen LogP contribution in [-0.2, 0) is 17.9 Å². The first-order valence-electron chi connectivity index (χ1n) is 10.3. The number of hydrogen-bond acceptors (Lipinski definition) is 5. The highest BCUT2D eigenvalue weighted by molar-refractivity contribution is 6.30. The van der Waals surface area contributed by atoms with Crippen molar-refractivity contribution in [3.63, 3.8) is 0 Å². The zero-order chi connectivity index (χ0) is 24.3. The van der Waals surface area contributed by atoms with Crippen molar-refractivity contribution in [2.24, 2.45) is 0 Å². The summed E-state index contributed by atoms with van der Waals surface area (Å²) >= 11 is 6.04. The second-order valence-corrected chi connectivity index (χ2v) is 8.18. The molecule has 3 aromatic rings. The summed E-state index contributed by atoms with van der Waals surface area (Å²) in [5.74, 6) is -0.600. The third kappa shape index (κ3) is 7.27. The Labute approximate surface area is 222 Å². The number of rotatable bonds is 6. The molecule has 0 atom stereocenters. The van der Waals surface area contributed by atoms with Crippen LogP contribution in [0.4, 0.5) is 18.9 Å². The average Bonchev–Trinajstić information content (AvgIpc) is 3.19. The minimum absolute atomic E-state index is 0. The molecule has 1 fully saturated rings. The van der Waals surface area contributed by atoms with Crippen LogP contribution in [0.15, 0.2) is 55.0 Å². The Kier molecular flexibility index (Phi) is 10.0. The minimum Gasteiger partial charge on any atom is -0.404 e. The molecule has 13 heteroatoms. The topological polar surface area (TPSA) is 74.4 Å². The van der Waals surface area contributed by atoms with Gasteiger partial charge < -0.3 is 14.2 Å². The number of halogens is 6. The number of carbonyl (C=O) groups excluding carboxylic acids is 1. The van der Waals surface area contributed by atoms with Gasteiger partial charge in [0.15, 0.2) is 0 Å². The fourth-order valence-electron chi connectivity index (χ4n) is 3.79. The predicted molar refractivity (Wildman–Crippen MR) is 133 cm³/mol. The number of nitriles is 1. The number of carbonyl (C=O) groups is 1. The number of anilines is 1. The first kappa shape index (κ1) is 29.3. The van der Waals surface area contributed by atoms with Crippen LogP contribution < -0.4 is 9.64 Å². The van der Waals surface area contributed by atoms with E-state index in [4.69, 9.17) is 16.9 Å². The third-order valence-corrected chi connectivity index (χ3v) is 5.58. The molecule has 1 saturated heterocycles. The summed E-state index contributed by atoms with van der Waals surface area (Å²) in [6.45, 7) is 2.01. The number of nitrogens with zero attached hydrogens (tertiary/aromatic N) is 5. The molecule has 0 bridgehead atoms. The van der Waals surface area contributed by atoms with Crippen molar-refractivity contribution in [2.45, 2.75) is 19.5 Å². The van der Waals surface area contributed by atoms with Crippen LogP contribution in [0.3, 0.4) is 0 Å². The second-order valence-electron chi connectivity index (χ2n) is 7.74. The van der Waals surface area contributed by atoms with Gasteiger partial charge in [-0.2, -0.15) is 5.26 Å². The molecule has 0 saturated carbocycles. The van der Waals surface area contributed by atoms with E-state index in [1.165, 1.54) is 12.1 Å². The van der Waals surface area contributed by atoms with Crippen molar-refractivity contribution in [1.29, 1.82) is 5.26 Å². The molecule has 2 heterocycles. The molecule has 1 aliphatic rings. The van der Waals surface area contributed by atoms with Gasteiger partial charge in [0.1, 0.15) is 11.8 Å². The van der Waals surface area contributed by atoms with Gasteiger partial charge in [-0.25, -0.2) is 4.98 Å². The molecule has 7 nitrogen and oxygen atoms in total. The van der Waals surface area contributed by atoms with Crippen LogP contribution in [0.5, 0.6) is 5.75 Å². The molecule has 0 aliphatic carbocycles. The first-order chi connectivity index (χ1) is 16.2. The highest BCUT2D eigenvalue weighted by Gasteiger charge is 2.32. The minimum atomic E-state index is -4.90. The van der Waals surface area contributed by atoms with E-state index < -0.39 is 12.1 Å². The van der Waals surface area contributed by atoms with Crippen molar-refractivity contribution < 1.29 is 22.7 Å². The molecule has 0 unspecified atom stereocenters. The summed E-state index contributed by atoms with van der Waals surface area (Å²) < 4.78 is 43.8. The van der Waals surface area contributed by atoms with E-state index >= 15 is 0 Å². The fourth-order valence-corrected chi connectivity index (χ4v) is 3.97. The standard InChI is InChI=1S/C23H19ClF3N5O2.2ClH/c24-18-2-1-3-19(9-18)32-7-6-30(14-22(32)33)13-20-11-29-15-31(20)12-16-4-5-17(10-28)21(8-16)34-23(25,26)27;;/h1-5,8-9,11,15H,6-7,12-14H2;2*1H. The van der Waals surface area contributed by atoms with Crippen LogP contribution in [0.1, 0.15) is 16.8 Å². The summed E-state index contributed by atoms with van der Waals surface area (Å²) in [4.78, 5) is 20.5. The zero-order valence-electron chi connectivity index (χ0n) is 18.6. The van der Waals surface area contributed by atoms with Gasteiger partial charge in [0.05, 0.1) is 24.1 Å². The summed E-state index contributed by atoms with van der Waals surface area (Å²) in [6.07, 6.45) is -1.67. The predicted octanol–water partition coefficient (Wildman–Crippen LogP) is 5.05. The Bertz CT molecular complexity index is 1250. The summed E-state index contributed by atoms with van der Waals surface area (Å²) in [7, 11) is 0. The van der Waals surface area contributed by atoms with Crippen molar-refractivity contribution >= 4 is 48.0 Å². The van der Waals surface area contributed by atoms with E-state index in [0.29, 0.717) is 30.2 Å². The molecule has 1 aliphatic heterocycles. The number of alkyl halides is 3. The first-order valence-corrected chi connectivity index (χ1v) is 10.7. The third-order valence-electron chi connectivity index (χ3n) is 5.35. The maximum atomic E-state index is 12.7. The molecular weight excluding hydrogens is 542 g/mol. The lowest BCUT2D eigenvalue weighted by atomic mass is 10.1. The number of benzene rings is 2. The van der Waals surface area contributed by atoms with E-state index in [1.54, 1.807) is 52.3 Å². The zero-order valence-corrected chi connectivity index (χ0v) is 21.0. The highest BCUT2D eigenvalue weighted by Crippen LogP contribution is 2.28. The largest absolute Gasteiger partial charge is 0.573 e. The number of amides is 1. The second kappa shape index (κ2) is 12.3. The van der Waals surface area contributed by atoms with Crippen LogP contribution in [0, 0.1) is 11.3 Å². The maximum absolute atomic E-state index is 12.7. The van der Waals surface area contributed by atoms with E-state index in [9.17, 15) is 18.0 Å². The molecule has 36 heavy (non-hydrogen) atoms. The van der Waals surface area contributed by atoms with E-state index in [0.717, 1.165) is 11.4 Å². The van der Waals surface area contributed by atoms with E-state index in [-0.39, 0.29) is 49.4 Å². The number of hydrogen-bond donors (Lipinski definition) is 0. The maximum Gasteiger partial charge on any atom is 0.573 e. The number of piperazine rings is 1. The van der Waals surface area contributed by atoms with Crippen molar-refractivity contribution in [1.82, 2.24) is 14.5 Å². The molecular formula is C23H21Cl3F3N5O2. The SMILES string of the molecule is Cl.Cl.N#Cc1ccc(Cn2cncc2CN2CCN(c3cccc(Cl)c3)C(=O)C2)cc1OC(F)(F)F. The lowest BCUT2D eigenvalue weighted by Gasteiger charge is -2.34. The van der Waals surface area contributed by atoms with Gasteiger partial charge in [-0.15, -0.1) is 38.0 Å². The van der Waals surface area contributed by atoms with Gasteiger partial charge in [-0.1, -0.05) is 23.7 Å². The van der Waals surface area contributed by atoms with Gasteiger partial charge in [-0.3, -0.25) is 9.69 Å². The van der Waals surface area contributed by atoms with Crippen molar-refractivity contribution in [3.05, 3.63) is 76.8 Å². The Morgan fingerprint density at radius 1 is 1.11 bits per heavy atom. The van der Waals surface area contributed by atoms with Gasteiger partial charge in [0, 0.05) is 43.1 Å².